The van der Waals surface area contributed by atoms with Crippen molar-refractivity contribution in [2.24, 2.45) is 0 Å². The summed E-state index contributed by atoms with van der Waals surface area (Å²) in [5, 5.41) is 2.53. The number of hydrogen-bond acceptors (Lipinski definition) is 1. The molecule has 120 valence electrons. The molecule has 1 nitrogen and oxygen atoms in total. The fraction of sp³-hybridized carbons (Fsp3) is 0.0909. The highest BCUT2D eigenvalue weighted by molar-refractivity contribution is 6.98. The summed E-state index contributed by atoms with van der Waals surface area (Å²) < 4.78 is 6.76. The number of allylic oxidation sites excluding steroid dienone is 1. The SMILES string of the molecule is C=C(C)C[Si](Oc1ccccc1)(c1ccccc1)c1ccccc1. The van der Waals surface area contributed by atoms with Crippen LogP contribution in [0.25, 0.3) is 0 Å². The summed E-state index contributed by atoms with van der Waals surface area (Å²) in [5.74, 6) is 0.915. The van der Waals surface area contributed by atoms with Crippen LogP contribution in [0, 0.1) is 0 Å². The smallest absolute Gasteiger partial charge is 0.318 e. The van der Waals surface area contributed by atoms with Crippen molar-refractivity contribution >= 4 is 18.7 Å². The Balaban J connectivity index is 2.18. The van der Waals surface area contributed by atoms with E-state index in [0.717, 1.165) is 17.4 Å². The molecule has 0 aliphatic rings. The van der Waals surface area contributed by atoms with Crippen molar-refractivity contribution in [3.05, 3.63) is 103 Å². The van der Waals surface area contributed by atoms with Gasteiger partial charge in [0.2, 0.25) is 0 Å². The molecule has 0 aliphatic heterocycles. The molecule has 0 aromatic heterocycles. The van der Waals surface area contributed by atoms with Gasteiger partial charge in [-0.25, -0.2) is 0 Å². The second kappa shape index (κ2) is 7.32. The molecule has 0 unspecified atom stereocenters. The van der Waals surface area contributed by atoms with Crippen molar-refractivity contribution in [3.63, 3.8) is 0 Å². The number of para-hydroxylation sites is 1. The van der Waals surface area contributed by atoms with Gasteiger partial charge in [0.25, 0.3) is 0 Å². The predicted molar refractivity (Wildman–Crippen MR) is 105 cm³/mol. The highest BCUT2D eigenvalue weighted by atomic mass is 28.4. The van der Waals surface area contributed by atoms with Crippen LogP contribution in [-0.2, 0) is 0 Å². The minimum atomic E-state index is -2.45. The Hall–Kier alpha value is -2.58. The third-order valence-corrected chi connectivity index (χ3v) is 8.28. The van der Waals surface area contributed by atoms with Crippen LogP contribution in [0.2, 0.25) is 6.04 Å². The summed E-state index contributed by atoms with van der Waals surface area (Å²) in [5.41, 5.74) is 1.14. The Kier molecular flexibility index (Phi) is 4.97. The van der Waals surface area contributed by atoms with E-state index in [4.69, 9.17) is 4.43 Å². The fourth-order valence-electron chi connectivity index (χ4n) is 3.05. The third-order valence-electron chi connectivity index (χ3n) is 4.07. The average molecular weight is 331 g/mol. The van der Waals surface area contributed by atoms with Gasteiger partial charge in [0.1, 0.15) is 5.75 Å². The zero-order valence-corrected chi connectivity index (χ0v) is 15.0. The van der Waals surface area contributed by atoms with Crippen LogP contribution in [0.5, 0.6) is 5.75 Å². The summed E-state index contributed by atoms with van der Waals surface area (Å²) in [6.45, 7) is 6.27. The highest BCUT2D eigenvalue weighted by Gasteiger charge is 2.41. The van der Waals surface area contributed by atoms with Gasteiger partial charge >= 0.3 is 8.32 Å². The van der Waals surface area contributed by atoms with E-state index in [1.807, 2.05) is 30.3 Å². The van der Waals surface area contributed by atoms with Crippen LogP contribution in [0.3, 0.4) is 0 Å². The van der Waals surface area contributed by atoms with Crippen molar-refractivity contribution < 1.29 is 4.43 Å². The summed E-state index contributed by atoms with van der Waals surface area (Å²) in [6.07, 6.45) is 0. The molecule has 0 spiro atoms. The molecule has 0 amide bonds. The van der Waals surface area contributed by atoms with Crippen LogP contribution in [0.15, 0.2) is 103 Å². The molecule has 3 aromatic carbocycles. The van der Waals surface area contributed by atoms with Crippen molar-refractivity contribution in [1.82, 2.24) is 0 Å². The van der Waals surface area contributed by atoms with E-state index in [-0.39, 0.29) is 0 Å². The molecule has 0 saturated carbocycles. The lowest BCUT2D eigenvalue weighted by Crippen LogP contribution is -2.63. The first-order valence-corrected chi connectivity index (χ1v) is 10.3. The molecular weight excluding hydrogens is 308 g/mol. The normalized spacial score (nSPS) is 11.0. The zero-order valence-electron chi connectivity index (χ0n) is 14.0. The number of benzene rings is 3. The molecule has 3 aromatic rings. The maximum Gasteiger partial charge on any atom is 0.318 e. The topological polar surface area (TPSA) is 9.23 Å². The molecular formula is C22H22OSi. The Morgan fingerprint density at radius 2 is 1.17 bits per heavy atom. The average Bonchev–Trinajstić information content (AvgIpc) is 2.63. The van der Waals surface area contributed by atoms with Gasteiger partial charge in [-0.05, 0) is 29.4 Å². The Morgan fingerprint density at radius 3 is 1.58 bits per heavy atom. The van der Waals surface area contributed by atoms with Gasteiger partial charge in [-0.15, -0.1) is 6.58 Å². The first-order chi connectivity index (χ1) is 11.7. The van der Waals surface area contributed by atoms with E-state index < -0.39 is 8.32 Å². The molecule has 0 atom stereocenters. The van der Waals surface area contributed by atoms with E-state index in [2.05, 4.69) is 74.2 Å². The van der Waals surface area contributed by atoms with Crippen molar-refractivity contribution in [3.8, 4) is 5.75 Å². The molecule has 24 heavy (non-hydrogen) atoms. The van der Waals surface area contributed by atoms with Gasteiger partial charge in [0.15, 0.2) is 0 Å². The first kappa shape index (κ1) is 16.3. The second-order valence-corrected chi connectivity index (χ2v) is 9.47. The third kappa shape index (κ3) is 3.49. The Labute approximate surface area is 145 Å². The van der Waals surface area contributed by atoms with Crippen LogP contribution in [0.4, 0.5) is 0 Å². The maximum absolute atomic E-state index is 6.76. The van der Waals surface area contributed by atoms with Gasteiger partial charge in [0.05, 0.1) is 0 Å². The number of hydrogen-bond donors (Lipinski definition) is 0. The van der Waals surface area contributed by atoms with Gasteiger partial charge < -0.3 is 4.43 Å². The van der Waals surface area contributed by atoms with Crippen molar-refractivity contribution in [2.45, 2.75) is 13.0 Å². The molecule has 0 bridgehead atoms. The summed E-state index contributed by atoms with van der Waals surface area (Å²) in [4.78, 5) is 0. The molecule has 0 fully saturated rings. The summed E-state index contributed by atoms with van der Waals surface area (Å²) in [6, 6.07) is 32.2. The molecule has 2 heteroatoms. The highest BCUT2D eigenvalue weighted by Crippen LogP contribution is 2.22. The van der Waals surface area contributed by atoms with Crippen molar-refractivity contribution in [2.75, 3.05) is 0 Å². The van der Waals surface area contributed by atoms with Gasteiger partial charge in [0, 0.05) is 6.04 Å². The summed E-state index contributed by atoms with van der Waals surface area (Å²) >= 11 is 0. The zero-order chi connectivity index (χ0) is 16.8. The van der Waals surface area contributed by atoms with E-state index in [9.17, 15) is 0 Å². The molecule has 0 heterocycles. The lowest BCUT2D eigenvalue weighted by molar-refractivity contribution is 0.565. The van der Waals surface area contributed by atoms with Gasteiger partial charge in [-0.2, -0.15) is 0 Å². The first-order valence-electron chi connectivity index (χ1n) is 8.20. The monoisotopic (exact) mass is 330 g/mol. The van der Waals surface area contributed by atoms with Gasteiger partial charge in [-0.3, -0.25) is 0 Å². The number of rotatable bonds is 6. The fourth-order valence-corrected chi connectivity index (χ4v) is 6.95. The van der Waals surface area contributed by atoms with Crippen LogP contribution in [-0.4, -0.2) is 8.32 Å². The van der Waals surface area contributed by atoms with Crippen LogP contribution >= 0.6 is 0 Å². The largest absolute Gasteiger partial charge is 0.534 e. The lowest BCUT2D eigenvalue weighted by Gasteiger charge is -2.33. The quantitative estimate of drug-likeness (QED) is 0.481. The molecule has 3 rings (SSSR count). The minimum absolute atomic E-state index is 0.857. The van der Waals surface area contributed by atoms with Crippen LogP contribution < -0.4 is 14.8 Å². The second-order valence-electron chi connectivity index (χ2n) is 6.11. The Morgan fingerprint density at radius 1 is 0.750 bits per heavy atom. The molecule has 0 aliphatic carbocycles. The maximum atomic E-state index is 6.76. The lowest BCUT2D eigenvalue weighted by atomic mass is 10.3. The standard InChI is InChI=1S/C22H22OSi/c1-19(2)18-24(21-14-8-4-9-15-21,22-16-10-5-11-17-22)23-20-12-6-3-7-13-20/h3-17H,1,18H2,2H3. The van der Waals surface area contributed by atoms with E-state index >= 15 is 0 Å². The van der Waals surface area contributed by atoms with E-state index in [0.29, 0.717) is 0 Å². The Bertz CT molecular complexity index is 742. The van der Waals surface area contributed by atoms with Gasteiger partial charge in [-0.1, -0.05) is 84.4 Å². The molecule has 0 N–H and O–H groups in total. The predicted octanol–water partition coefficient (Wildman–Crippen LogP) is 4.40. The molecule has 0 radical (unpaired) electrons. The summed E-state index contributed by atoms with van der Waals surface area (Å²) in [7, 11) is -2.45. The minimum Gasteiger partial charge on any atom is -0.534 e. The van der Waals surface area contributed by atoms with E-state index in [1.165, 1.54) is 10.4 Å². The van der Waals surface area contributed by atoms with Crippen LogP contribution in [0.1, 0.15) is 6.92 Å². The van der Waals surface area contributed by atoms with E-state index in [1.54, 1.807) is 0 Å². The molecule has 0 saturated heterocycles. The van der Waals surface area contributed by atoms with Crippen molar-refractivity contribution in [1.29, 1.82) is 0 Å².